The van der Waals surface area contributed by atoms with Crippen molar-refractivity contribution in [1.82, 2.24) is 29.7 Å². The van der Waals surface area contributed by atoms with Crippen LogP contribution in [0.5, 0.6) is 0 Å². The van der Waals surface area contributed by atoms with Crippen LogP contribution in [0.2, 0.25) is 0 Å². The average molecular weight is 410 g/mol. The molecule has 0 spiro atoms. The minimum atomic E-state index is -0.224. The largest absolute Gasteiger partial charge is 0.356 e. The lowest BCUT2D eigenvalue weighted by atomic mass is 10.2. The topological polar surface area (TPSA) is 101 Å². The summed E-state index contributed by atoms with van der Waals surface area (Å²) in [6.45, 7) is 1.61. The van der Waals surface area contributed by atoms with E-state index in [1.807, 2.05) is 36.4 Å². The highest BCUT2D eigenvalue weighted by atomic mass is 16.2. The number of benzene rings is 1. The second kappa shape index (κ2) is 10.2. The number of carbonyl (C=O) groups is 2. The molecule has 0 atom stereocenters. The van der Waals surface area contributed by atoms with Gasteiger partial charge in [-0.3, -0.25) is 9.20 Å². The number of amides is 3. The molecule has 3 aromatic rings. The first-order valence-corrected chi connectivity index (χ1v) is 9.88. The minimum Gasteiger partial charge on any atom is -0.356 e. The molecule has 2 heterocycles. The number of fused-ring (bicyclic) bond motifs is 1. The highest BCUT2D eigenvalue weighted by Gasteiger charge is 2.10. The molecule has 0 saturated heterocycles. The molecule has 2 N–H and O–H groups in total. The monoisotopic (exact) mass is 410 g/mol. The van der Waals surface area contributed by atoms with Gasteiger partial charge in [0.2, 0.25) is 5.91 Å². The normalized spacial score (nSPS) is 10.7. The van der Waals surface area contributed by atoms with E-state index >= 15 is 0 Å². The molecule has 0 aliphatic rings. The summed E-state index contributed by atoms with van der Waals surface area (Å²) in [4.78, 5) is 37.8. The number of aromatic nitrogens is 3. The average Bonchev–Trinajstić information content (AvgIpc) is 3.07. The Morgan fingerprint density at radius 2 is 1.80 bits per heavy atom. The Morgan fingerprint density at radius 1 is 1.03 bits per heavy atom. The van der Waals surface area contributed by atoms with Crippen LogP contribution >= 0.6 is 0 Å². The Bertz CT molecular complexity index is 1040. The van der Waals surface area contributed by atoms with Crippen LogP contribution < -0.4 is 16.3 Å². The standard InChI is InChI=1S/C21H26N6O3/c1-25(16-17-8-3-2-4-9-17)20(29)23-13-11-19(28)22-12-7-15-27-21(30)26-14-6-5-10-18(26)24-27/h2-6,8-10,14H,7,11-13,15-16H2,1H3,(H,22,28)(H,23,29). The third kappa shape index (κ3) is 5.69. The molecule has 3 rings (SSSR count). The highest BCUT2D eigenvalue weighted by Crippen LogP contribution is 2.02. The summed E-state index contributed by atoms with van der Waals surface area (Å²) in [6.07, 6.45) is 2.45. The van der Waals surface area contributed by atoms with Crippen LogP contribution in [0.25, 0.3) is 5.65 Å². The number of urea groups is 1. The maximum Gasteiger partial charge on any atom is 0.350 e. The van der Waals surface area contributed by atoms with Crippen LogP contribution in [-0.4, -0.2) is 51.2 Å². The summed E-state index contributed by atoms with van der Waals surface area (Å²) < 4.78 is 2.88. The number of nitrogens with one attached hydrogen (secondary N) is 2. The molecule has 30 heavy (non-hydrogen) atoms. The first-order valence-electron chi connectivity index (χ1n) is 9.88. The zero-order chi connectivity index (χ0) is 21.3. The summed E-state index contributed by atoms with van der Waals surface area (Å²) in [5.41, 5.74) is 1.44. The zero-order valence-electron chi connectivity index (χ0n) is 17.0. The van der Waals surface area contributed by atoms with Crippen molar-refractivity contribution in [3.05, 3.63) is 70.8 Å². The number of aryl methyl sites for hydroxylation is 1. The van der Waals surface area contributed by atoms with Gasteiger partial charge in [-0.1, -0.05) is 36.4 Å². The molecule has 0 fully saturated rings. The van der Waals surface area contributed by atoms with E-state index in [1.165, 1.54) is 9.08 Å². The van der Waals surface area contributed by atoms with Gasteiger partial charge in [0, 0.05) is 45.8 Å². The van der Waals surface area contributed by atoms with E-state index in [4.69, 9.17) is 0 Å². The van der Waals surface area contributed by atoms with Crippen molar-refractivity contribution in [2.24, 2.45) is 0 Å². The first-order chi connectivity index (χ1) is 14.5. The molecule has 0 unspecified atom stereocenters. The van der Waals surface area contributed by atoms with Crippen molar-refractivity contribution in [3.63, 3.8) is 0 Å². The van der Waals surface area contributed by atoms with Crippen LogP contribution in [0, 0.1) is 0 Å². The van der Waals surface area contributed by atoms with E-state index in [0.717, 1.165) is 5.56 Å². The molecule has 0 aliphatic carbocycles. The summed E-state index contributed by atoms with van der Waals surface area (Å²) in [6, 6.07) is 14.8. The Labute approximate surface area is 174 Å². The Balaban J connectivity index is 1.31. The number of hydrogen-bond donors (Lipinski definition) is 2. The van der Waals surface area contributed by atoms with E-state index in [1.54, 1.807) is 30.3 Å². The van der Waals surface area contributed by atoms with E-state index < -0.39 is 0 Å². The fraction of sp³-hybridized carbons (Fsp3) is 0.333. The maximum atomic E-state index is 12.2. The molecular formula is C21H26N6O3. The van der Waals surface area contributed by atoms with Gasteiger partial charge in [0.25, 0.3) is 0 Å². The zero-order valence-corrected chi connectivity index (χ0v) is 17.0. The van der Waals surface area contributed by atoms with Crippen molar-refractivity contribution >= 4 is 17.6 Å². The van der Waals surface area contributed by atoms with Crippen molar-refractivity contribution in [2.45, 2.75) is 25.9 Å². The van der Waals surface area contributed by atoms with Gasteiger partial charge in [0.1, 0.15) is 0 Å². The Morgan fingerprint density at radius 3 is 2.57 bits per heavy atom. The van der Waals surface area contributed by atoms with Crippen LogP contribution in [0.15, 0.2) is 59.5 Å². The number of carbonyl (C=O) groups excluding carboxylic acids is 2. The lowest BCUT2D eigenvalue weighted by molar-refractivity contribution is -0.120. The molecule has 9 nitrogen and oxygen atoms in total. The smallest absolute Gasteiger partial charge is 0.350 e. The Hall–Kier alpha value is -3.62. The molecule has 2 aromatic heterocycles. The van der Waals surface area contributed by atoms with Crippen LogP contribution in [-0.2, 0) is 17.9 Å². The second-order valence-corrected chi connectivity index (χ2v) is 6.96. The van der Waals surface area contributed by atoms with Crippen LogP contribution in [0.1, 0.15) is 18.4 Å². The SMILES string of the molecule is CN(Cc1ccccc1)C(=O)NCCC(=O)NCCCn1nc2ccccn2c1=O. The van der Waals surface area contributed by atoms with E-state index in [0.29, 0.717) is 31.7 Å². The molecule has 158 valence electrons. The summed E-state index contributed by atoms with van der Waals surface area (Å²) in [7, 11) is 1.71. The Kier molecular flexibility index (Phi) is 7.20. The van der Waals surface area contributed by atoms with Gasteiger partial charge in [-0.25, -0.2) is 14.3 Å². The number of hydrogen-bond acceptors (Lipinski definition) is 4. The third-order valence-electron chi connectivity index (χ3n) is 4.59. The fourth-order valence-corrected chi connectivity index (χ4v) is 3.01. The van der Waals surface area contributed by atoms with Gasteiger partial charge in [-0.15, -0.1) is 5.10 Å². The van der Waals surface area contributed by atoms with Crippen molar-refractivity contribution in [2.75, 3.05) is 20.1 Å². The van der Waals surface area contributed by atoms with E-state index in [9.17, 15) is 14.4 Å². The van der Waals surface area contributed by atoms with Gasteiger partial charge in [-0.05, 0) is 24.1 Å². The van der Waals surface area contributed by atoms with Gasteiger partial charge in [0.15, 0.2) is 5.65 Å². The molecule has 9 heteroatoms. The summed E-state index contributed by atoms with van der Waals surface area (Å²) in [5, 5.41) is 9.78. The predicted molar refractivity (Wildman–Crippen MR) is 113 cm³/mol. The molecule has 0 aliphatic heterocycles. The first kappa shape index (κ1) is 21.1. The number of rotatable bonds is 9. The van der Waals surface area contributed by atoms with Gasteiger partial charge in [-0.2, -0.15) is 0 Å². The van der Waals surface area contributed by atoms with Crippen LogP contribution in [0.3, 0.4) is 0 Å². The van der Waals surface area contributed by atoms with E-state index in [2.05, 4.69) is 15.7 Å². The molecule has 0 bridgehead atoms. The van der Waals surface area contributed by atoms with Crippen molar-refractivity contribution in [1.29, 1.82) is 0 Å². The molecule has 1 aromatic carbocycles. The quantitative estimate of drug-likeness (QED) is 0.518. The molecule has 3 amide bonds. The summed E-state index contributed by atoms with van der Waals surface area (Å²) >= 11 is 0. The predicted octanol–water partition coefficient (Wildman–Crippen LogP) is 1.23. The van der Waals surface area contributed by atoms with Crippen LogP contribution in [0.4, 0.5) is 4.79 Å². The molecule has 0 saturated carbocycles. The van der Waals surface area contributed by atoms with Gasteiger partial charge >= 0.3 is 11.7 Å². The lowest BCUT2D eigenvalue weighted by Gasteiger charge is -2.18. The van der Waals surface area contributed by atoms with Crippen molar-refractivity contribution < 1.29 is 9.59 Å². The lowest BCUT2D eigenvalue weighted by Crippen LogP contribution is -2.39. The number of nitrogens with zero attached hydrogens (tertiary/aromatic N) is 4. The highest BCUT2D eigenvalue weighted by molar-refractivity contribution is 5.78. The number of pyridine rings is 1. The molecular weight excluding hydrogens is 384 g/mol. The van der Waals surface area contributed by atoms with Crippen molar-refractivity contribution in [3.8, 4) is 0 Å². The van der Waals surface area contributed by atoms with E-state index in [-0.39, 0.29) is 30.6 Å². The maximum absolute atomic E-state index is 12.2. The van der Waals surface area contributed by atoms with Gasteiger partial charge in [0.05, 0.1) is 0 Å². The molecule has 0 radical (unpaired) electrons. The van der Waals surface area contributed by atoms with Gasteiger partial charge < -0.3 is 15.5 Å². The second-order valence-electron chi connectivity index (χ2n) is 6.96. The third-order valence-corrected chi connectivity index (χ3v) is 4.59. The summed E-state index contributed by atoms with van der Waals surface area (Å²) in [5.74, 6) is -0.150. The minimum absolute atomic E-state index is 0.150. The fourth-order valence-electron chi connectivity index (χ4n) is 3.01.